The van der Waals surface area contributed by atoms with Crippen molar-refractivity contribution in [1.29, 1.82) is 0 Å². The highest BCUT2D eigenvalue weighted by atomic mass is 32.2. The van der Waals surface area contributed by atoms with Gasteiger partial charge in [-0.1, -0.05) is 17.7 Å². The lowest BCUT2D eigenvalue weighted by Gasteiger charge is -2.19. The number of benzene rings is 1. The second-order valence-corrected chi connectivity index (χ2v) is 10.3. The predicted molar refractivity (Wildman–Crippen MR) is 100 cm³/mol. The van der Waals surface area contributed by atoms with Crippen molar-refractivity contribution in [3.05, 3.63) is 41.3 Å². The molecule has 0 bridgehead atoms. The molecule has 1 atom stereocenters. The quantitative estimate of drug-likeness (QED) is 0.546. The average Bonchev–Trinajstić information content (AvgIpc) is 2.42. The summed E-state index contributed by atoms with van der Waals surface area (Å²) in [5.74, 6) is -0.384. The minimum atomic E-state index is -4.27. The van der Waals surface area contributed by atoms with Crippen LogP contribution >= 0.6 is 0 Å². The van der Waals surface area contributed by atoms with Crippen LogP contribution in [0.2, 0.25) is 0 Å². The molecular weight excluding hydrogens is 394 g/mol. The molecule has 0 saturated carbocycles. The largest absolute Gasteiger partial charge is 0.744 e. The topological polar surface area (TPSA) is 145 Å². The van der Waals surface area contributed by atoms with E-state index in [1.54, 1.807) is 32.9 Å². The molecule has 0 spiro atoms. The van der Waals surface area contributed by atoms with Crippen molar-refractivity contribution in [3.63, 3.8) is 0 Å². The third-order valence-corrected chi connectivity index (χ3v) is 4.26. The molecule has 0 heterocycles. The normalized spacial score (nSPS) is 13.6. The molecule has 0 aromatic heterocycles. The van der Waals surface area contributed by atoms with Gasteiger partial charge in [-0.15, -0.1) is 0 Å². The zero-order valence-corrected chi connectivity index (χ0v) is 17.8. The highest BCUT2D eigenvalue weighted by Crippen LogP contribution is 2.09. The van der Waals surface area contributed by atoms with Crippen LogP contribution in [0.4, 0.5) is 0 Å². The van der Waals surface area contributed by atoms with Gasteiger partial charge < -0.3 is 15.0 Å². The Morgan fingerprint density at radius 3 is 2.04 bits per heavy atom. The van der Waals surface area contributed by atoms with Crippen LogP contribution < -0.4 is 5.73 Å². The molecule has 3 N–H and O–H groups in total. The zero-order chi connectivity index (χ0) is 21.5. The van der Waals surface area contributed by atoms with Gasteiger partial charge in [0.25, 0.3) is 0 Å². The summed E-state index contributed by atoms with van der Waals surface area (Å²) in [6.07, 6.45) is 2.55. The Kier molecular flexibility index (Phi) is 9.33. The number of ether oxygens (including phenoxy) is 1. The van der Waals surface area contributed by atoms with Crippen LogP contribution in [-0.4, -0.2) is 45.3 Å². The van der Waals surface area contributed by atoms with Gasteiger partial charge in [0, 0.05) is 11.7 Å². The van der Waals surface area contributed by atoms with Gasteiger partial charge in [-0.25, -0.2) is 16.8 Å². The maximum Gasteiger partial charge on any atom is 0.312 e. The highest BCUT2D eigenvalue weighted by Gasteiger charge is 2.19. The van der Waals surface area contributed by atoms with E-state index in [1.165, 1.54) is 18.2 Å². The average molecular weight is 422 g/mol. The SMILES string of the molecule is CC(C)(C)OC(=O)C[C@H]([NH3+])/C=C/S(C)(=O)=O.Cc1ccc(S(=O)(=O)[O-])cc1. The third kappa shape index (κ3) is 14.0. The van der Waals surface area contributed by atoms with Crippen molar-refractivity contribution in [2.45, 2.75) is 50.7 Å². The molecule has 0 fully saturated rings. The minimum Gasteiger partial charge on any atom is -0.744 e. The van der Waals surface area contributed by atoms with Crippen LogP contribution in [-0.2, 0) is 29.5 Å². The standard InChI is InChI=1S/C10H19NO4S.C7H8O3S/c1-10(2,3)15-9(12)7-8(11)5-6-16(4,13)14;1-6-2-4-7(5-3-6)11(8,9)10/h5-6,8H,7,11H2,1-4H3;2-5H,1H3,(H,8,9,10)/b6-5+;/t8-;/m1./s1. The lowest BCUT2D eigenvalue weighted by molar-refractivity contribution is -0.402. The second-order valence-electron chi connectivity index (χ2n) is 6.98. The lowest BCUT2D eigenvalue weighted by Crippen LogP contribution is -2.60. The van der Waals surface area contributed by atoms with E-state index in [0.29, 0.717) is 0 Å². The monoisotopic (exact) mass is 421 g/mol. The Labute approximate surface area is 161 Å². The van der Waals surface area contributed by atoms with Crippen molar-refractivity contribution in [2.24, 2.45) is 0 Å². The molecule has 0 aliphatic heterocycles. The zero-order valence-electron chi connectivity index (χ0n) is 16.1. The van der Waals surface area contributed by atoms with Crippen LogP contribution in [0.1, 0.15) is 32.8 Å². The number of carbonyl (C=O) groups excluding carboxylic acids is 1. The Morgan fingerprint density at radius 2 is 1.67 bits per heavy atom. The van der Waals surface area contributed by atoms with Crippen molar-refractivity contribution < 1.29 is 36.7 Å². The van der Waals surface area contributed by atoms with Crippen molar-refractivity contribution in [3.8, 4) is 0 Å². The van der Waals surface area contributed by atoms with Crippen LogP contribution in [0, 0.1) is 6.92 Å². The molecule has 0 radical (unpaired) electrons. The van der Waals surface area contributed by atoms with Crippen LogP contribution in [0.3, 0.4) is 0 Å². The number of hydrogen-bond donors (Lipinski definition) is 1. The first-order chi connectivity index (χ1) is 12.0. The molecule has 1 rings (SSSR count). The number of quaternary nitrogens is 1. The van der Waals surface area contributed by atoms with Gasteiger partial charge in [0.2, 0.25) is 0 Å². The molecule has 8 nitrogen and oxygen atoms in total. The number of sulfone groups is 1. The summed E-state index contributed by atoms with van der Waals surface area (Å²) in [4.78, 5) is 11.2. The Morgan fingerprint density at radius 1 is 1.19 bits per heavy atom. The predicted octanol–water partition coefficient (Wildman–Crippen LogP) is 0.786. The van der Waals surface area contributed by atoms with E-state index < -0.39 is 31.6 Å². The second kappa shape index (κ2) is 9.98. The fourth-order valence-electron chi connectivity index (χ4n) is 1.62. The van der Waals surface area contributed by atoms with Gasteiger partial charge in [0.05, 0.1) is 4.90 Å². The van der Waals surface area contributed by atoms with E-state index in [9.17, 15) is 26.2 Å². The maximum absolute atomic E-state index is 11.3. The van der Waals surface area contributed by atoms with Crippen molar-refractivity contribution in [1.82, 2.24) is 0 Å². The first-order valence-electron chi connectivity index (χ1n) is 7.95. The van der Waals surface area contributed by atoms with Gasteiger partial charge in [-0.3, -0.25) is 4.79 Å². The Balaban J connectivity index is 0.000000533. The van der Waals surface area contributed by atoms with E-state index in [2.05, 4.69) is 5.73 Å². The number of aryl methyl sites for hydroxylation is 1. The van der Waals surface area contributed by atoms with E-state index in [0.717, 1.165) is 17.2 Å². The molecule has 0 amide bonds. The number of hydrogen-bond acceptors (Lipinski definition) is 7. The van der Waals surface area contributed by atoms with Crippen LogP contribution in [0.25, 0.3) is 0 Å². The molecule has 0 aliphatic carbocycles. The van der Waals surface area contributed by atoms with Gasteiger partial charge in [0.15, 0.2) is 9.84 Å². The lowest BCUT2D eigenvalue weighted by atomic mass is 10.2. The van der Waals surface area contributed by atoms with Gasteiger partial charge in [-0.2, -0.15) is 0 Å². The summed E-state index contributed by atoms with van der Waals surface area (Å²) >= 11 is 0. The summed E-state index contributed by atoms with van der Waals surface area (Å²) < 4.78 is 57.9. The Hall–Kier alpha value is -1.75. The molecule has 154 valence electrons. The van der Waals surface area contributed by atoms with Crippen molar-refractivity contribution >= 4 is 25.9 Å². The van der Waals surface area contributed by atoms with E-state index in [-0.39, 0.29) is 17.3 Å². The molecular formula is C17H27NO7S2. The van der Waals surface area contributed by atoms with Gasteiger partial charge in [-0.05, 0) is 45.9 Å². The summed E-state index contributed by atoms with van der Waals surface area (Å²) in [7, 11) is -7.43. The smallest absolute Gasteiger partial charge is 0.312 e. The van der Waals surface area contributed by atoms with E-state index in [1.807, 2.05) is 6.92 Å². The molecule has 1 aromatic carbocycles. The molecule has 1 aromatic rings. The third-order valence-electron chi connectivity index (χ3n) is 2.76. The van der Waals surface area contributed by atoms with Crippen LogP contribution in [0.5, 0.6) is 0 Å². The Bertz CT molecular complexity index is 850. The highest BCUT2D eigenvalue weighted by molar-refractivity contribution is 7.93. The van der Waals surface area contributed by atoms with Crippen LogP contribution in [0.15, 0.2) is 40.6 Å². The fraction of sp³-hybridized carbons (Fsp3) is 0.471. The summed E-state index contributed by atoms with van der Waals surface area (Å²) in [5.41, 5.74) is 4.06. The van der Waals surface area contributed by atoms with E-state index in [4.69, 9.17) is 4.74 Å². The molecule has 10 heteroatoms. The number of carbonyl (C=O) groups is 1. The van der Waals surface area contributed by atoms with Gasteiger partial charge >= 0.3 is 5.97 Å². The summed E-state index contributed by atoms with van der Waals surface area (Å²) in [5, 5.41) is 1.05. The first-order valence-corrected chi connectivity index (χ1v) is 11.3. The van der Waals surface area contributed by atoms with Gasteiger partial charge in [0.1, 0.15) is 28.2 Å². The molecule has 27 heavy (non-hydrogen) atoms. The fourth-order valence-corrected chi connectivity index (χ4v) is 2.60. The number of esters is 1. The van der Waals surface area contributed by atoms with E-state index >= 15 is 0 Å². The molecule has 0 saturated heterocycles. The van der Waals surface area contributed by atoms with Crippen molar-refractivity contribution in [2.75, 3.05) is 6.26 Å². The minimum absolute atomic E-state index is 0.0727. The maximum atomic E-state index is 11.3. The summed E-state index contributed by atoms with van der Waals surface area (Å²) in [6.45, 7) is 7.14. The first kappa shape index (κ1) is 25.2. The molecule has 0 unspecified atom stereocenters. The molecule has 0 aliphatic rings. The number of rotatable bonds is 5. The summed E-state index contributed by atoms with van der Waals surface area (Å²) in [6, 6.07) is 5.38.